The van der Waals surface area contributed by atoms with Gasteiger partial charge in [-0.15, -0.1) is 0 Å². The highest BCUT2D eigenvalue weighted by Crippen LogP contribution is 2.45. The monoisotopic (exact) mass is 324 g/mol. The first-order valence-corrected chi connectivity index (χ1v) is 10.3. The van der Waals surface area contributed by atoms with E-state index in [1.54, 1.807) is 0 Å². The lowest BCUT2D eigenvalue weighted by molar-refractivity contribution is -0.141. The Morgan fingerprint density at radius 2 is 1.86 bits per heavy atom. The van der Waals surface area contributed by atoms with E-state index in [2.05, 4.69) is 25.4 Å². The highest BCUT2D eigenvalue weighted by molar-refractivity contribution is 7.68. The van der Waals surface area contributed by atoms with Crippen molar-refractivity contribution in [2.75, 3.05) is 12.3 Å². The van der Waals surface area contributed by atoms with Crippen molar-refractivity contribution in [1.82, 2.24) is 0 Å². The molecule has 0 aliphatic carbocycles. The van der Waals surface area contributed by atoms with Gasteiger partial charge in [0.25, 0.3) is 0 Å². The Labute approximate surface area is 134 Å². The first-order valence-electron chi connectivity index (χ1n) is 8.05. The summed E-state index contributed by atoms with van der Waals surface area (Å²) in [6, 6.07) is 10.3. The molecule has 3 atom stereocenters. The topological polar surface area (TPSA) is 57.5 Å². The molecule has 3 nitrogen and oxygen atoms in total. The predicted octanol–water partition coefficient (Wildman–Crippen LogP) is 4.11. The van der Waals surface area contributed by atoms with Crippen LogP contribution in [-0.2, 0) is 11.2 Å². The van der Waals surface area contributed by atoms with Crippen molar-refractivity contribution in [3.05, 3.63) is 35.9 Å². The first-order chi connectivity index (χ1) is 10.3. The van der Waals surface area contributed by atoms with Gasteiger partial charge in [-0.2, -0.15) is 0 Å². The molecule has 4 heteroatoms. The Kier molecular flexibility index (Phi) is 7.92. The zero-order valence-electron chi connectivity index (χ0n) is 13.7. The second-order valence-electron chi connectivity index (χ2n) is 6.41. The predicted molar refractivity (Wildman–Crippen MR) is 96.0 cm³/mol. The van der Waals surface area contributed by atoms with Crippen LogP contribution in [0.5, 0.6) is 0 Å². The van der Waals surface area contributed by atoms with Gasteiger partial charge in [0, 0.05) is 6.16 Å². The van der Waals surface area contributed by atoms with Crippen LogP contribution in [0.3, 0.4) is 0 Å². The average Bonchev–Trinajstić information content (AvgIpc) is 2.45. The first kappa shape index (κ1) is 19.0. The van der Waals surface area contributed by atoms with E-state index in [9.17, 15) is 14.8 Å². The standard InChI is InChI=1S/C18H29O3P/c1-4-8-17(18(19)20)14-22(3,21)13-15(2)11-12-16-9-6-5-7-10-16/h5-7,9-10,15,17,21H,3-4,8,11-14H2,1-2H3,(H,19,20). The molecule has 3 unspecified atom stereocenters. The maximum absolute atomic E-state index is 11.2. The molecule has 22 heavy (non-hydrogen) atoms. The number of hydrogen-bond acceptors (Lipinski definition) is 2. The highest BCUT2D eigenvalue weighted by atomic mass is 31.2. The molecule has 0 aliphatic heterocycles. The van der Waals surface area contributed by atoms with Crippen molar-refractivity contribution in [2.24, 2.45) is 11.8 Å². The molecule has 0 saturated heterocycles. The molecule has 1 aromatic rings. The van der Waals surface area contributed by atoms with Gasteiger partial charge in [-0.05, 0) is 44.0 Å². The molecule has 2 N–H and O–H groups in total. The molecule has 1 aromatic carbocycles. The molecule has 1 rings (SSSR count). The maximum atomic E-state index is 11.2. The number of benzene rings is 1. The maximum Gasteiger partial charge on any atom is 0.306 e. The van der Waals surface area contributed by atoms with Gasteiger partial charge in [-0.25, -0.2) is 0 Å². The van der Waals surface area contributed by atoms with Crippen LogP contribution < -0.4 is 0 Å². The molecule has 0 saturated carbocycles. The summed E-state index contributed by atoms with van der Waals surface area (Å²) in [5.41, 5.74) is 1.30. The van der Waals surface area contributed by atoms with Crippen LogP contribution in [0.2, 0.25) is 0 Å². The fourth-order valence-electron chi connectivity index (χ4n) is 2.86. The van der Waals surface area contributed by atoms with Crippen molar-refractivity contribution < 1.29 is 14.8 Å². The van der Waals surface area contributed by atoms with E-state index in [0.29, 0.717) is 24.7 Å². The molecule has 0 radical (unpaired) electrons. The minimum atomic E-state index is -2.39. The summed E-state index contributed by atoms with van der Waals surface area (Å²) in [5.74, 6) is -0.907. The largest absolute Gasteiger partial charge is 0.481 e. The van der Waals surface area contributed by atoms with Crippen LogP contribution in [0.1, 0.15) is 38.7 Å². The molecular formula is C18H29O3P. The number of rotatable bonds is 10. The van der Waals surface area contributed by atoms with E-state index in [0.717, 1.165) is 19.3 Å². The Hall–Kier alpha value is -1.05. The third-order valence-electron chi connectivity index (χ3n) is 3.97. The molecular weight excluding hydrogens is 295 g/mol. The number of aryl methyl sites for hydroxylation is 1. The Bertz CT molecular complexity index is 498. The van der Waals surface area contributed by atoms with E-state index in [-0.39, 0.29) is 0 Å². The molecule has 0 bridgehead atoms. The summed E-state index contributed by atoms with van der Waals surface area (Å²) in [6.45, 7) is 4.09. The minimum absolute atomic E-state index is 0.339. The summed E-state index contributed by atoms with van der Waals surface area (Å²) < 4.78 is 0. The van der Waals surface area contributed by atoms with E-state index >= 15 is 0 Å². The van der Waals surface area contributed by atoms with Gasteiger partial charge in [0.05, 0.1) is 5.92 Å². The Morgan fingerprint density at radius 3 is 2.41 bits per heavy atom. The van der Waals surface area contributed by atoms with Crippen LogP contribution in [0.15, 0.2) is 30.3 Å². The van der Waals surface area contributed by atoms with Crippen molar-refractivity contribution in [3.8, 4) is 0 Å². The third-order valence-corrected chi connectivity index (χ3v) is 6.39. The molecule has 0 aliphatic rings. The van der Waals surface area contributed by atoms with Crippen LogP contribution in [0.4, 0.5) is 0 Å². The van der Waals surface area contributed by atoms with Crippen LogP contribution in [0.25, 0.3) is 0 Å². The van der Waals surface area contributed by atoms with Gasteiger partial charge in [0.15, 0.2) is 0 Å². The van der Waals surface area contributed by atoms with Crippen molar-refractivity contribution in [3.63, 3.8) is 0 Å². The average molecular weight is 324 g/mol. The number of carboxylic acid groups (broad SMARTS) is 1. The summed E-state index contributed by atoms with van der Waals surface area (Å²) in [6.07, 6.45) is 8.37. The second-order valence-corrected chi connectivity index (χ2v) is 9.33. The van der Waals surface area contributed by atoms with Crippen LogP contribution >= 0.6 is 7.11 Å². The van der Waals surface area contributed by atoms with Gasteiger partial charge in [-0.1, -0.05) is 56.9 Å². The summed E-state index contributed by atoms with van der Waals surface area (Å²) >= 11 is 0. The lowest BCUT2D eigenvalue weighted by Crippen LogP contribution is -2.20. The minimum Gasteiger partial charge on any atom is -0.481 e. The van der Waals surface area contributed by atoms with Crippen molar-refractivity contribution >= 4 is 19.4 Å². The van der Waals surface area contributed by atoms with E-state index < -0.39 is 19.0 Å². The quantitative estimate of drug-likeness (QED) is 0.637. The SMILES string of the molecule is C=P(O)(CC(C)CCc1ccccc1)CC(CCC)C(=O)O. The van der Waals surface area contributed by atoms with Gasteiger partial charge in [-0.3, -0.25) is 4.79 Å². The zero-order chi connectivity index (χ0) is 16.6. The second kappa shape index (κ2) is 9.17. The lowest BCUT2D eigenvalue weighted by Gasteiger charge is -2.25. The molecule has 124 valence electrons. The van der Waals surface area contributed by atoms with Crippen LogP contribution in [0, 0.1) is 11.8 Å². The molecule has 0 spiro atoms. The smallest absolute Gasteiger partial charge is 0.306 e. The van der Waals surface area contributed by atoms with Gasteiger partial charge < -0.3 is 10.00 Å². The normalized spacial score (nSPS) is 16.7. The third kappa shape index (κ3) is 7.29. The molecule has 0 heterocycles. The van der Waals surface area contributed by atoms with Crippen molar-refractivity contribution in [2.45, 2.75) is 39.5 Å². The molecule has 0 fully saturated rings. The molecule has 0 aromatic heterocycles. The lowest BCUT2D eigenvalue weighted by atomic mass is 10.0. The zero-order valence-corrected chi connectivity index (χ0v) is 14.6. The number of carboxylic acids is 1. The van der Waals surface area contributed by atoms with E-state index in [1.807, 2.05) is 25.1 Å². The Morgan fingerprint density at radius 1 is 1.23 bits per heavy atom. The van der Waals surface area contributed by atoms with E-state index in [1.165, 1.54) is 5.56 Å². The van der Waals surface area contributed by atoms with Gasteiger partial charge in [0.1, 0.15) is 0 Å². The van der Waals surface area contributed by atoms with E-state index in [4.69, 9.17) is 0 Å². The number of carbonyl (C=O) groups is 1. The Balaban J connectivity index is 2.48. The molecule has 0 amide bonds. The number of aliphatic carboxylic acids is 1. The fraction of sp³-hybridized carbons (Fsp3) is 0.556. The van der Waals surface area contributed by atoms with Gasteiger partial charge >= 0.3 is 5.97 Å². The van der Waals surface area contributed by atoms with Crippen molar-refractivity contribution in [1.29, 1.82) is 0 Å². The summed E-state index contributed by atoms with van der Waals surface area (Å²) in [5, 5.41) is 9.23. The summed E-state index contributed by atoms with van der Waals surface area (Å²) in [7, 11) is -2.39. The van der Waals surface area contributed by atoms with Gasteiger partial charge in [0.2, 0.25) is 0 Å². The van der Waals surface area contributed by atoms with Crippen LogP contribution in [-0.4, -0.2) is 34.6 Å². The summed E-state index contributed by atoms with van der Waals surface area (Å²) in [4.78, 5) is 21.8. The number of hydrogen-bond donors (Lipinski definition) is 2. The fourth-order valence-corrected chi connectivity index (χ4v) is 5.51. The highest BCUT2D eigenvalue weighted by Gasteiger charge is 2.24.